The van der Waals surface area contributed by atoms with E-state index in [9.17, 15) is 8.42 Å². The normalized spacial score (nSPS) is 13.2. The van der Waals surface area contributed by atoms with Crippen molar-refractivity contribution in [2.45, 2.75) is 30.6 Å². The van der Waals surface area contributed by atoms with Crippen LogP contribution in [0, 0.1) is 0 Å². The van der Waals surface area contributed by atoms with Crippen LogP contribution >= 0.6 is 22.6 Å². The molecule has 2 rings (SSSR count). The van der Waals surface area contributed by atoms with Crippen LogP contribution in [0.25, 0.3) is 0 Å². The monoisotopic (exact) mass is 425 g/mol. The van der Waals surface area contributed by atoms with E-state index in [1.54, 1.807) is 18.2 Å². The van der Waals surface area contributed by atoms with Gasteiger partial charge >= 0.3 is 0 Å². The second-order valence-corrected chi connectivity index (χ2v) is 7.73. The number of nitrogens with one attached hydrogen (secondary N) is 1. The van der Waals surface area contributed by atoms with Crippen molar-refractivity contribution < 1.29 is 8.42 Å². The molecular weight excluding hydrogens is 409 g/mol. The van der Waals surface area contributed by atoms with Crippen LogP contribution in [-0.4, -0.2) is 19.4 Å². The third-order valence-corrected chi connectivity index (χ3v) is 5.69. The van der Waals surface area contributed by atoms with Gasteiger partial charge in [-0.3, -0.25) is 0 Å². The molecule has 0 aromatic heterocycles. The van der Waals surface area contributed by atoms with Crippen LogP contribution in [0.4, 0.5) is 11.4 Å². The zero-order chi connectivity index (χ0) is 14.4. The van der Waals surface area contributed by atoms with Crippen molar-refractivity contribution in [1.29, 1.82) is 0 Å². The molecule has 1 heterocycles. The summed E-state index contributed by atoms with van der Waals surface area (Å²) in [5.74, 6) is 0. The molecule has 1 aromatic carbocycles. The van der Waals surface area contributed by atoms with Crippen LogP contribution < -0.4 is 4.72 Å². The number of fused-ring (bicyclic) bond motifs is 1. The number of hydrogen-bond donors (Lipinski definition) is 1. The van der Waals surface area contributed by atoms with Crippen molar-refractivity contribution in [2.75, 3.05) is 11.0 Å². The minimum absolute atomic E-state index is 0.219. The smallest absolute Gasteiger partial charge is 0.211 e. The number of nitrogens with zero attached hydrogens (tertiary/aromatic N) is 2. The van der Waals surface area contributed by atoms with Crippen LogP contribution in [-0.2, 0) is 21.4 Å². The van der Waals surface area contributed by atoms with Crippen LogP contribution in [0.1, 0.15) is 25.7 Å². The van der Waals surface area contributed by atoms with Crippen molar-refractivity contribution >= 4 is 55.3 Å². The van der Waals surface area contributed by atoms with E-state index in [1.165, 1.54) is 6.42 Å². The Morgan fingerprint density at radius 2 is 1.95 bits per heavy atom. The van der Waals surface area contributed by atoms with Crippen molar-refractivity contribution in [3.63, 3.8) is 0 Å². The molecule has 8 heteroatoms. The van der Waals surface area contributed by atoms with Crippen molar-refractivity contribution in [2.24, 2.45) is 8.73 Å². The Labute approximate surface area is 136 Å². The van der Waals surface area contributed by atoms with Gasteiger partial charge in [0.15, 0.2) is 0 Å². The molecule has 0 radical (unpaired) electrons. The van der Waals surface area contributed by atoms with Crippen LogP contribution in [0.2, 0.25) is 0 Å². The van der Waals surface area contributed by atoms with Gasteiger partial charge in [0.2, 0.25) is 10.0 Å². The second-order valence-electron chi connectivity index (χ2n) is 4.39. The Kier molecular flexibility index (Phi) is 6.12. The first-order valence-electron chi connectivity index (χ1n) is 6.42. The summed E-state index contributed by atoms with van der Waals surface area (Å²) in [7, 11) is -3.50. The van der Waals surface area contributed by atoms with Gasteiger partial charge in [0.25, 0.3) is 0 Å². The lowest BCUT2D eigenvalue weighted by atomic mass is 10.2. The van der Waals surface area contributed by atoms with E-state index in [2.05, 4.69) is 36.0 Å². The highest BCUT2D eigenvalue weighted by Crippen LogP contribution is 2.37. The molecule has 0 aliphatic carbocycles. The summed E-state index contributed by atoms with van der Waals surface area (Å²) in [5, 5.41) is 0. The average molecular weight is 425 g/mol. The quantitative estimate of drug-likeness (QED) is 0.398. The molecule has 0 spiro atoms. The van der Waals surface area contributed by atoms with Gasteiger partial charge in [0, 0.05) is 6.54 Å². The van der Waals surface area contributed by atoms with Crippen molar-refractivity contribution in [3.05, 3.63) is 18.2 Å². The maximum atomic E-state index is 12.3. The molecule has 5 nitrogen and oxygen atoms in total. The van der Waals surface area contributed by atoms with Gasteiger partial charge in [-0.25, -0.2) is 13.1 Å². The summed E-state index contributed by atoms with van der Waals surface area (Å²) < 4.78 is 36.4. The van der Waals surface area contributed by atoms with Crippen molar-refractivity contribution in [1.82, 2.24) is 4.72 Å². The number of sulfonamides is 1. The van der Waals surface area contributed by atoms with E-state index in [0.29, 0.717) is 17.9 Å². The highest BCUT2D eigenvalue weighted by atomic mass is 127. The minimum Gasteiger partial charge on any atom is -0.211 e. The third-order valence-electron chi connectivity index (χ3n) is 2.89. The maximum absolute atomic E-state index is 12.3. The molecule has 1 aliphatic rings. The van der Waals surface area contributed by atoms with Gasteiger partial charge in [-0.05, 0) is 29.4 Å². The molecule has 0 amide bonds. The zero-order valence-electron chi connectivity index (χ0n) is 10.9. The predicted molar refractivity (Wildman–Crippen MR) is 90.5 cm³/mol. The molecule has 0 saturated carbocycles. The third kappa shape index (κ3) is 4.09. The molecule has 0 unspecified atom stereocenters. The number of benzene rings is 1. The van der Waals surface area contributed by atoms with Crippen LogP contribution in [0.15, 0.2) is 31.8 Å². The van der Waals surface area contributed by atoms with Gasteiger partial charge in [0.1, 0.15) is 16.3 Å². The SMILES string of the molecule is O=S(=O)(NCCCCCCI)c1cccc2c1N=S=N2. The summed E-state index contributed by atoms with van der Waals surface area (Å²) in [4.78, 5) is 0.219. The van der Waals surface area contributed by atoms with E-state index < -0.39 is 10.0 Å². The van der Waals surface area contributed by atoms with Crippen LogP contribution in [0.5, 0.6) is 0 Å². The Bertz CT molecular complexity index is 640. The van der Waals surface area contributed by atoms with Gasteiger partial charge in [0.05, 0.1) is 11.4 Å². The number of rotatable bonds is 8. The Morgan fingerprint density at radius 1 is 1.15 bits per heavy atom. The summed E-state index contributed by atoms with van der Waals surface area (Å²) in [6.45, 7) is 0.470. The lowest BCUT2D eigenvalue weighted by molar-refractivity contribution is 0.574. The number of halogens is 1. The van der Waals surface area contributed by atoms with Gasteiger partial charge in [-0.2, -0.15) is 8.73 Å². The summed E-state index contributed by atoms with van der Waals surface area (Å²) >= 11 is 3.38. The van der Waals surface area contributed by atoms with Gasteiger partial charge in [-0.15, -0.1) is 0 Å². The molecule has 0 atom stereocenters. The first-order chi connectivity index (χ1) is 9.65. The molecule has 0 fully saturated rings. The summed E-state index contributed by atoms with van der Waals surface area (Å²) in [6.07, 6.45) is 4.25. The number of hydrogen-bond acceptors (Lipinski definition) is 4. The predicted octanol–water partition coefficient (Wildman–Crippen LogP) is 3.69. The van der Waals surface area contributed by atoms with Crippen LogP contribution in [0.3, 0.4) is 0 Å². The molecule has 0 saturated heterocycles. The molecule has 0 bridgehead atoms. The summed E-state index contributed by atoms with van der Waals surface area (Å²) in [6, 6.07) is 5.03. The fourth-order valence-electron chi connectivity index (χ4n) is 1.86. The fourth-order valence-corrected chi connectivity index (χ4v) is 4.23. The highest BCUT2D eigenvalue weighted by Gasteiger charge is 2.21. The van der Waals surface area contributed by atoms with E-state index in [0.717, 1.165) is 35.0 Å². The fraction of sp³-hybridized carbons (Fsp3) is 0.500. The second kappa shape index (κ2) is 7.62. The van der Waals surface area contributed by atoms with Gasteiger partial charge < -0.3 is 0 Å². The maximum Gasteiger partial charge on any atom is 0.242 e. The highest BCUT2D eigenvalue weighted by molar-refractivity contribution is 14.1. The largest absolute Gasteiger partial charge is 0.242 e. The Balaban J connectivity index is 1.95. The molecule has 1 aromatic rings. The first kappa shape index (κ1) is 16.1. The first-order valence-corrected chi connectivity index (χ1v) is 10.2. The van der Waals surface area contributed by atoms with E-state index in [-0.39, 0.29) is 4.90 Å². The summed E-state index contributed by atoms with van der Waals surface area (Å²) in [5.41, 5.74) is 1.08. The lowest BCUT2D eigenvalue weighted by Gasteiger charge is -2.08. The Hall–Kier alpha value is -0.320. The molecule has 1 N–H and O–H groups in total. The zero-order valence-corrected chi connectivity index (χ0v) is 14.7. The number of alkyl halides is 1. The average Bonchev–Trinajstić information content (AvgIpc) is 2.90. The number of unbranched alkanes of at least 4 members (excludes halogenated alkanes) is 3. The topological polar surface area (TPSA) is 70.9 Å². The van der Waals surface area contributed by atoms with Crippen molar-refractivity contribution in [3.8, 4) is 0 Å². The van der Waals surface area contributed by atoms with E-state index >= 15 is 0 Å². The standard InChI is InChI=1S/C12H16IN3O2S2/c13-8-3-1-2-4-9-14-20(17,18)11-7-5-6-10-12(11)16-19-15-10/h5-7,14H,1-4,8-9H2. The molecule has 20 heavy (non-hydrogen) atoms. The Morgan fingerprint density at radius 3 is 2.75 bits per heavy atom. The van der Waals surface area contributed by atoms with Gasteiger partial charge in [-0.1, -0.05) is 41.5 Å². The van der Waals surface area contributed by atoms with E-state index in [4.69, 9.17) is 0 Å². The minimum atomic E-state index is -3.50. The molecule has 110 valence electrons. The van der Waals surface area contributed by atoms with E-state index in [1.807, 2.05) is 0 Å². The molecular formula is C12H16IN3O2S2. The lowest BCUT2D eigenvalue weighted by Crippen LogP contribution is -2.24. The molecule has 1 aliphatic heterocycles.